The lowest BCUT2D eigenvalue weighted by Crippen LogP contribution is -2.24. The lowest BCUT2D eigenvalue weighted by Gasteiger charge is -2.17. The fourth-order valence-electron chi connectivity index (χ4n) is 3.98. The van der Waals surface area contributed by atoms with E-state index in [1.54, 1.807) is 9.25 Å². The topological polar surface area (TPSA) is 91.6 Å². The smallest absolute Gasteiger partial charge is 0.263 e. The number of hydrogen-bond acceptors (Lipinski definition) is 5. The predicted molar refractivity (Wildman–Crippen MR) is 118 cm³/mol. The van der Waals surface area contributed by atoms with Crippen molar-refractivity contribution >= 4 is 27.6 Å². The molecule has 148 valence electrons. The van der Waals surface area contributed by atoms with Crippen LogP contribution in [0.15, 0.2) is 65.7 Å². The predicted octanol–water partition coefficient (Wildman–Crippen LogP) is 3.38. The van der Waals surface area contributed by atoms with Crippen molar-refractivity contribution in [1.82, 2.24) is 24.3 Å². The highest BCUT2D eigenvalue weighted by Crippen LogP contribution is 2.23. The van der Waals surface area contributed by atoms with Crippen LogP contribution < -0.4 is 11.3 Å². The van der Waals surface area contributed by atoms with Crippen LogP contribution in [0.2, 0.25) is 0 Å². The number of rotatable bonds is 3. The molecule has 0 atom stereocenters. The number of fused-ring (bicyclic) bond motifs is 2. The lowest BCUT2D eigenvalue weighted by molar-refractivity contribution is 0.663. The van der Waals surface area contributed by atoms with Gasteiger partial charge in [-0.1, -0.05) is 36.4 Å². The first-order chi connectivity index (χ1) is 14.5. The van der Waals surface area contributed by atoms with Gasteiger partial charge in [-0.2, -0.15) is 5.10 Å². The maximum atomic E-state index is 13.5. The molecule has 0 aliphatic rings. The largest absolute Gasteiger partial charge is 0.383 e. The molecule has 3 aromatic heterocycles. The molecule has 0 unspecified atom stereocenters. The summed E-state index contributed by atoms with van der Waals surface area (Å²) in [6.07, 6.45) is 1.43. The van der Waals surface area contributed by atoms with Crippen molar-refractivity contribution < 1.29 is 0 Å². The molecule has 0 aliphatic heterocycles. The Morgan fingerprint density at radius 1 is 1.00 bits per heavy atom. The van der Waals surface area contributed by atoms with Gasteiger partial charge in [-0.05, 0) is 43.0 Å². The van der Waals surface area contributed by atoms with E-state index in [4.69, 9.17) is 5.73 Å². The fourth-order valence-corrected chi connectivity index (χ4v) is 3.98. The van der Waals surface area contributed by atoms with Crippen LogP contribution >= 0.6 is 0 Å². The zero-order valence-electron chi connectivity index (χ0n) is 16.7. The zero-order chi connectivity index (χ0) is 20.8. The number of anilines is 1. The van der Waals surface area contributed by atoms with Crippen LogP contribution in [0.1, 0.15) is 17.0 Å². The Hall–Kier alpha value is -4.00. The lowest BCUT2D eigenvalue weighted by atomic mass is 10.1. The van der Waals surface area contributed by atoms with Crippen LogP contribution in [0.25, 0.3) is 27.5 Å². The van der Waals surface area contributed by atoms with Gasteiger partial charge in [-0.3, -0.25) is 9.36 Å². The van der Waals surface area contributed by atoms with Crippen molar-refractivity contribution in [3.8, 4) is 5.69 Å². The number of pyridine rings is 1. The fraction of sp³-hybridized carbons (Fsp3) is 0.130. The van der Waals surface area contributed by atoms with Crippen LogP contribution in [-0.4, -0.2) is 24.3 Å². The second-order valence-electron chi connectivity index (χ2n) is 7.35. The Kier molecular flexibility index (Phi) is 4.10. The molecular weight excluding hydrogens is 376 g/mol. The van der Waals surface area contributed by atoms with Crippen molar-refractivity contribution in [2.75, 3.05) is 5.73 Å². The molecule has 30 heavy (non-hydrogen) atoms. The Labute approximate surface area is 172 Å². The van der Waals surface area contributed by atoms with E-state index in [9.17, 15) is 4.79 Å². The quantitative estimate of drug-likeness (QED) is 0.505. The molecular formula is C23H20N6O. The number of aromatic nitrogens is 5. The van der Waals surface area contributed by atoms with Gasteiger partial charge < -0.3 is 5.73 Å². The van der Waals surface area contributed by atoms with Gasteiger partial charge in [-0.15, -0.1) is 0 Å². The van der Waals surface area contributed by atoms with Crippen molar-refractivity contribution in [2.24, 2.45) is 0 Å². The van der Waals surface area contributed by atoms with Gasteiger partial charge in [0.15, 0.2) is 5.65 Å². The molecule has 0 spiro atoms. The van der Waals surface area contributed by atoms with E-state index >= 15 is 0 Å². The zero-order valence-corrected chi connectivity index (χ0v) is 16.7. The third kappa shape index (κ3) is 2.75. The number of para-hydroxylation sites is 1. The molecule has 7 heteroatoms. The number of hydrogen-bond donors (Lipinski definition) is 1. The molecule has 0 radical (unpaired) electrons. The Balaban J connectivity index is 1.79. The molecule has 5 aromatic rings. The molecule has 0 saturated carbocycles. The maximum Gasteiger partial charge on any atom is 0.263 e. The molecule has 5 rings (SSSR count). The Morgan fingerprint density at radius 2 is 1.77 bits per heavy atom. The van der Waals surface area contributed by atoms with Crippen LogP contribution in [-0.2, 0) is 6.54 Å². The summed E-state index contributed by atoms with van der Waals surface area (Å²) in [5.41, 5.74) is 10.1. The van der Waals surface area contributed by atoms with Crippen molar-refractivity contribution in [3.05, 3.63) is 88.2 Å². The summed E-state index contributed by atoms with van der Waals surface area (Å²) in [6, 6.07) is 17.5. The van der Waals surface area contributed by atoms with Gasteiger partial charge in [0.1, 0.15) is 12.1 Å². The Morgan fingerprint density at radius 3 is 2.60 bits per heavy atom. The minimum Gasteiger partial charge on any atom is -0.383 e. The normalized spacial score (nSPS) is 11.4. The van der Waals surface area contributed by atoms with E-state index in [2.05, 4.69) is 15.1 Å². The van der Waals surface area contributed by atoms with E-state index < -0.39 is 0 Å². The van der Waals surface area contributed by atoms with Crippen LogP contribution in [0.3, 0.4) is 0 Å². The first-order valence-corrected chi connectivity index (χ1v) is 9.68. The molecule has 2 N–H and O–H groups in total. The standard InChI is InChI=1S/C23H20N6O/c1-14-7-3-6-10-19(14)29-17(11-16-8-4-5-9-18(16)23(29)30)12-28-22-20(15(2)27-28)21(24)25-13-26-22/h3-11,13H,12H2,1-2H3,(H2,24,25,26). The summed E-state index contributed by atoms with van der Waals surface area (Å²) in [6.45, 7) is 4.25. The van der Waals surface area contributed by atoms with E-state index in [1.165, 1.54) is 6.33 Å². The number of nitrogens with zero attached hydrogens (tertiary/aromatic N) is 5. The van der Waals surface area contributed by atoms with Gasteiger partial charge >= 0.3 is 0 Å². The second-order valence-corrected chi connectivity index (χ2v) is 7.35. The summed E-state index contributed by atoms with van der Waals surface area (Å²) >= 11 is 0. The molecule has 0 bridgehead atoms. The number of benzene rings is 2. The molecule has 2 aromatic carbocycles. The molecule has 0 fully saturated rings. The van der Waals surface area contributed by atoms with E-state index in [-0.39, 0.29) is 5.56 Å². The average molecular weight is 396 g/mol. The third-order valence-corrected chi connectivity index (χ3v) is 5.41. The Bertz CT molecular complexity index is 1480. The molecule has 3 heterocycles. The summed E-state index contributed by atoms with van der Waals surface area (Å²) < 4.78 is 3.55. The molecule has 0 saturated heterocycles. The van der Waals surface area contributed by atoms with E-state index in [0.717, 1.165) is 33.4 Å². The second kappa shape index (κ2) is 6.81. The first kappa shape index (κ1) is 18.1. The van der Waals surface area contributed by atoms with E-state index in [1.807, 2.05) is 68.4 Å². The highest BCUT2D eigenvalue weighted by Gasteiger charge is 2.17. The minimum absolute atomic E-state index is 0.0558. The van der Waals surface area contributed by atoms with Crippen molar-refractivity contribution in [2.45, 2.75) is 20.4 Å². The molecule has 7 nitrogen and oxygen atoms in total. The first-order valence-electron chi connectivity index (χ1n) is 9.68. The van der Waals surface area contributed by atoms with E-state index in [0.29, 0.717) is 23.4 Å². The highest BCUT2D eigenvalue weighted by atomic mass is 16.1. The number of nitrogens with two attached hydrogens (primary N) is 1. The SMILES string of the molecule is Cc1ccccc1-n1c(Cn2nc(C)c3c(N)ncnc32)cc2ccccc2c1=O. The van der Waals surface area contributed by atoms with Crippen LogP contribution in [0.5, 0.6) is 0 Å². The monoisotopic (exact) mass is 396 g/mol. The van der Waals surface area contributed by atoms with Gasteiger partial charge in [0, 0.05) is 11.1 Å². The van der Waals surface area contributed by atoms with Crippen LogP contribution in [0.4, 0.5) is 5.82 Å². The maximum absolute atomic E-state index is 13.5. The average Bonchev–Trinajstić information content (AvgIpc) is 3.06. The minimum atomic E-state index is -0.0558. The van der Waals surface area contributed by atoms with Gasteiger partial charge in [0.05, 0.1) is 23.3 Å². The molecule has 0 amide bonds. The summed E-state index contributed by atoms with van der Waals surface area (Å²) in [7, 11) is 0. The van der Waals surface area contributed by atoms with Gasteiger partial charge in [0.25, 0.3) is 5.56 Å². The molecule has 0 aliphatic carbocycles. The highest BCUT2D eigenvalue weighted by molar-refractivity contribution is 5.88. The number of aryl methyl sites for hydroxylation is 2. The summed E-state index contributed by atoms with van der Waals surface area (Å²) in [4.78, 5) is 22.0. The van der Waals surface area contributed by atoms with Crippen molar-refractivity contribution in [3.63, 3.8) is 0 Å². The summed E-state index contributed by atoms with van der Waals surface area (Å²) in [5, 5.41) is 6.94. The van der Waals surface area contributed by atoms with Crippen LogP contribution in [0, 0.1) is 13.8 Å². The van der Waals surface area contributed by atoms with Gasteiger partial charge in [-0.25, -0.2) is 14.6 Å². The number of nitrogen functional groups attached to an aromatic ring is 1. The van der Waals surface area contributed by atoms with Gasteiger partial charge in [0.2, 0.25) is 0 Å². The van der Waals surface area contributed by atoms with Crippen molar-refractivity contribution in [1.29, 1.82) is 0 Å². The summed E-state index contributed by atoms with van der Waals surface area (Å²) in [5.74, 6) is 0.401. The third-order valence-electron chi connectivity index (χ3n) is 5.41.